The number of carbonyl (C=O) groups is 2. The van der Waals surface area contributed by atoms with Crippen molar-refractivity contribution in [2.45, 2.75) is 65.0 Å². The Bertz CT molecular complexity index is 754. The lowest BCUT2D eigenvalue weighted by Crippen LogP contribution is -2.44. The number of amides is 1. The molecule has 0 aliphatic heterocycles. The Morgan fingerprint density at radius 3 is 2.57 bits per heavy atom. The fraction of sp³-hybridized carbons (Fsp3) is 0.667. The molecule has 1 amide bonds. The zero-order valence-electron chi connectivity index (χ0n) is 17.4. The fourth-order valence-corrected chi connectivity index (χ4v) is 4.24. The average molecular weight is 409 g/mol. The molecule has 1 aromatic rings. The number of nitrogens with zero attached hydrogens (tertiary/aromatic N) is 1. The zero-order valence-corrected chi connectivity index (χ0v) is 18.2. The van der Waals surface area contributed by atoms with Crippen molar-refractivity contribution in [1.82, 2.24) is 9.88 Å². The van der Waals surface area contributed by atoms with Gasteiger partial charge < -0.3 is 14.6 Å². The highest BCUT2D eigenvalue weighted by molar-refractivity contribution is 7.98. The number of thioether (sulfide) groups is 1. The van der Waals surface area contributed by atoms with Crippen molar-refractivity contribution < 1.29 is 14.3 Å². The molecular weight excluding hydrogens is 376 g/mol. The molecule has 156 valence electrons. The van der Waals surface area contributed by atoms with Gasteiger partial charge in [-0.3, -0.25) is 9.59 Å². The minimum Gasteiger partial charge on any atom is -0.467 e. The normalized spacial score (nSPS) is 15.9. The van der Waals surface area contributed by atoms with E-state index in [1.54, 1.807) is 22.4 Å². The Morgan fingerprint density at radius 1 is 1.29 bits per heavy atom. The summed E-state index contributed by atoms with van der Waals surface area (Å²) in [5.74, 6) is 0.182. The molecule has 1 aliphatic carbocycles. The van der Waals surface area contributed by atoms with E-state index in [0.29, 0.717) is 24.6 Å². The number of hydrogen-bond acceptors (Lipinski definition) is 5. The van der Waals surface area contributed by atoms with Crippen LogP contribution in [-0.2, 0) is 16.1 Å². The number of carbonyl (C=O) groups excluding carboxylic acids is 2. The molecule has 1 aromatic heterocycles. The first-order valence-corrected chi connectivity index (χ1v) is 11.4. The molecule has 28 heavy (non-hydrogen) atoms. The maximum Gasteiger partial charge on any atom is 0.328 e. The first kappa shape index (κ1) is 22.5. The van der Waals surface area contributed by atoms with Crippen LogP contribution in [0.5, 0.6) is 0 Å². The van der Waals surface area contributed by atoms with Crippen molar-refractivity contribution in [2.75, 3.05) is 19.1 Å². The summed E-state index contributed by atoms with van der Waals surface area (Å²) >= 11 is 1.59. The Balaban J connectivity index is 2.27. The van der Waals surface area contributed by atoms with Crippen LogP contribution in [0.4, 0.5) is 0 Å². The molecule has 6 nitrogen and oxygen atoms in total. The molecule has 0 unspecified atom stereocenters. The highest BCUT2D eigenvalue weighted by Gasteiger charge is 2.25. The summed E-state index contributed by atoms with van der Waals surface area (Å²) in [6.07, 6.45) is 8.31. The van der Waals surface area contributed by atoms with Crippen molar-refractivity contribution in [3.05, 3.63) is 33.2 Å². The first-order chi connectivity index (χ1) is 13.4. The summed E-state index contributed by atoms with van der Waals surface area (Å²) in [4.78, 5) is 37.9. The smallest absolute Gasteiger partial charge is 0.328 e. The SMILES string of the molecule is COC(=O)[C@@H](CCSC)NC(=O)c1cc(C)c(C)n(CC2CCCCC2)c1=O. The molecule has 1 aliphatic rings. The maximum atomic E-state index is 13.1. The second-order valence-electron chi connectivity index (χ2n) is 7.58. The molecule has 0 radical (unpaired) electrons. The number of nitrogens with one attached hydrogen (secondary N) is 1. The Labute approximate surface area is 171 Å². The third-order valence-electron chi connectivity index (χ3n) is 5.62. The molecule has 1 saturated carbocycles. The van der Waals surface area contributed by atoms with Gasteiger partial charge in [0, 0.05) is 12.2 Å². The van der Waals surface area contributed by atoms with Gasteiger partial charge in [0.25, 0.3) is 11.5 Å². The second kappa shape index (κ2) is 10.7. The van der Waals surface area contributed by atoms with Gasteiger partial charge in [0.1, 0.15) is 11.6 Å². The minimum atomic E-state index is -0.752. The molecule has 1 atom stereocenters. The summed E-state index contributed by atoms with van der Waals surface area (Å²) in [6.45, 7) is 4.49. The van der Waals surface area contributed by atoms with Crippen LogP contribution in [0.25, 0.3) is 0 Å². The van der Waals surface area contributed by atoms with Crippen LogP contribution in [0, 0.1) is 19.8 Å². The maximum absolute atomic E-state index is 13.1. The largest absolute Gasteiger partial charge is 0.467 e. The van der Waals surface area contributed by atoms with Gasteiger partial charge in [0.15, 0.2) is 0 Å². The Hall–Kier alpha value is -1.76. The fourth-order valence-electron chi connectivity index (χ4n) is 3.77. The zero-order chi connectivity index (χ0) is 20.7. The van der Waals surface area contributed by atoms with Crippen LogP contribution in [0.3, 0.4) is 0 Å². The van der Waals surface area contributed by atoms with Crippen LogP contribution >= 0.6 is 11.8 Å². The Morgan fingerprint density at radius 2 is 1.96 bits per heavy atom. The number of aromatic nitrogens is 1. The minimum absolute atomic E-state index is 0.0944. The van der Waals surface area contributed by atoms with Crippen molar-refractivity contribution >= 4 is 23.6 Å². The molecule has 1 fully saturated rings. The summed E-state index contributed by atoms with van der Waals surface area (Å²) < 4.78 is 6.54. The molecule has 0 spiro atoms. The van der Waals surface area contributed by atoms with Gasteiger partial charge in [-0.1, -0.05) is 19.3 Å². The van der Waals surface area contributed by atoms with E-state index in [1.807, 2.05) is 20.1 Å². The van der Waals surface area contributed by atoms with Gasteiger partial charge >= 0.3 is 5.97 Å². The molecule has 1 heterocycles. The van der Waals surface area contributed by atoms with E-state index in [2.05, 4.69) is 5.32 Å². The number of pyridine rings is 1. The number of methoxy groups -OCH3 is 1. The lowest BCUT2D eigenvalue weighted by Gasteiger charge is -2.24. The number of hydrogen-bond donors (Lipinski definition) is 1. The average Bonchev–Trinajstić information content (AvgIpc) is 2.71. The Kier molecular flexibility index (Phi) is 8.60. The lowest BCUT2D eigenvalue weighted by molar-refractivity contribution is -0.142. The molecule has 0 saturated heterocycles. The summed E-state index contributed by atoms with van der Waals surface area (Å²) in [5, 5.41) is 2.70. The van der Waals surface area contributed by atoms with Gasteiger partial charge in [0.2, 0.25) is 0 Å². The molecule has 0 bridgehead atoms. The van der Waals surface area contributed by atoms with Gasteiger partial charge in [-0.25, -0.2) is 4.79 Å². The van der Waals surface area contributed by atoms with E-state index in [0.717, 1.165) is 24.1 Å². The number of ether oxygens (including phenoxy) is 1. The predicted molar refractivity (Wildman–Crippen MR) is 113 cm³/mol. The van der Waals surface area contributed by atoms with E-state index in [-0.39, 0.29) is 11.1 Å². The number of rotatable bonds is 8. The predicted octanol–water partition coefficient (Wildman–Crippen LogP) is 3.07. The quantitative estimate of drug-likeness (QED) is 0.669. The van der Waals surface area contributed by atoms with Crippen LogP contribution < -0.4 is 10.9 Å². The number of aryl methyl sites for hydroxylation is 1. The second-order valence-corrected chi connectivity index (χ2v) is 8.56. The van der Waals surface area contributed by atoms with E-state index >= 15 is 0 Å². The summed E-state index contributed by atoms with van der Waals surface area (Å²) in [7, 11) is 1.30. The highest BCUT2D eigenvalue weighted by atomic mass is 32.2. The third kappa shape index (κ3) is 5.63. The monoisotopic (exact) mass is 408 g/mol. The van der Waals surface area contributed by atoms with Gasteiger partial charge in [-0.05, 0) is 62.7 Å². The van der Waals surface area contributed by atoms with Crippen molar-refractivity contribution in [2.24, 2.45) is 5.92 Å². The highest BCUT2D eigenvalue weighted by Crippen LogP contribution is 2.25. The molecule has 7 heteroatoms. The lowest BCUT2D eigenvalue weighted by atomic mass is 9.89. The first-order valence-electron chi connectivity index (χ1n) is 9.97. The van der Waals surface area contributed by atoms with Crippen LogP contribution in [0.1, 0.15) is 60.1 Å². The molecule has 2 rings (SSSR count). The summed E-state index contributed by atoms with van der Waals surface area (Å²) in [5.41, 5.74) is 1.62. The standard InChI is InChI=1S/C21H32N2O4S/c1-14-12-17(19(24)22-18(10-11-28-4)21(26)27-3)20(25)23(15(14)2)13-16-8-6-5-7-9-16/h12,16,18H,5-11,13H2,1-4H3,(H,22,24)/t18-/m1/s1. The van der Waals surface area contributed by atoms with Gasteiger partial charge in [-0.2, -0.15) is 11.8 Å². The van der Waals surface area contributed by atoms with Crippen LogP contribution in [0.2, 0.25) is 0 Å². The van der Waals surface area contributed by atoms with E-state index in [9.17, 15) is 14.4 Å². The molecule has 0 aromatic carbocycles. The molecular formula is C21H32N2O4S. The van der Waals surface area contributed by atoms with Crippen molar-refractivity contribution in [1.29, 1.82) is 0 Å². The summed E-state index contributed by atoms with van der Waals surface area (Å²) in [6, 6.07) is 0.880. The van der Waals surface area contributed by atoms with E-state index < -0.39 is 17.9 Å². The van der Waals surface area contributed by atoms with Gasteiger partial charge in [-0.15, -0.1) is 0 Å². The van der Waals surface area contributed by atoms with Crippen molar-refractivity contribution in [3.8, 4) is 0 Å². The van der Waals surface area contributed by atoms with Crippen LogP contribution in [0.15, 0.2) is 10.9 Å². The topological polar surface area (TPSA) is 77.4 Å². The molecule has 1 N–H and O–H groups in total. The van der Waals surface area contributed by atoms with E-state index in [1.165, 1.54) is 26.4 Å². The van der Waals surface area contributed by atoms with E-state index in [4.69, 9.17) is 4.74 Å². The number of esters is 1. The van der Waals surface area contributed by atoms with Crippen LogP contribution in [-0.4, -0.2) is 41.6 Å². The third-order valence-corrected chi connectivity index (χ3v) is 6.27. The van der Waals surface area contributed by atoms with Crippen molar-refractivity contribution in [3.63, 3.8) is 0 Å². The van der Waals surface area contributed by atoms with Gasteiger partial charge in [0.05, 0.1) is 7.11 Å².